The van der Waals surface area contributed by atoms with Gasteiger partial charge >= 0.3 is 0 Å². The number of rotatable bonds is 4. The third kappa shape index (κ3) is 2.99. The SMILES string of the molecule is CCC12CC(O)C3=C(C(=O)NCc4c(F)ccc(F)c4F)C(O)C(O)=C(C(=O)N(C)C1)N32. The largest absolute Gasteiger partial charge is 0.507 e. The van der Waals surface area contributed by atoms with Crippen LogP contribution in [-0.4, -0.2) is 68.3 Å². The number of carbonyl (C=O) groups is 2. The van der Waals surface area contributed by atoms with Crippen LogP contribution in [0.1, 0.15) is 25.3 Å². The van der Waals surface area contributed by atoms with Gasteiger partial charge in [0.2, 0.25) is 0 Å². The highest BCUT2D eigenvalue weighted by atomic mass is 19.2. The molecular weight excluding hydrogens is 431 g/mol. The molecule has 0 saturated carbocycles. The molecule has 2 saturated heterocycles. The number of likely N-dealkylation sites (N-methyl/N-ethyl adjacent to an activating group) is 1. The maximum atomic E-state index is 13.9. The molecule has 3 aliphatic heterocycles. The minimum atomic E-state index is -1.95. The predicted octanol–water partition coefficient (Wildman–Crippen LogP) is 0.806. The van der Waals surface area contributed by atoms with E-state index in [1.807, 2.05) is 6.92 Å². The van der Waals surface area contributed by atoms with E-state index in [1.54, 1.807) is 0 Å². The lowest BCUT2D eigenvalue weighted by Crippen LogP contribution is -2.60. The molecule has 1 aromatic rings. The zero-order chi connectivity index (χ0) is 23.5. The zero-order valence-electron chi connectivity index (χ0n) is 17.3. The molecule has 0 aromatic heterocycles. The lowest BCUT2D eigenvalue weighted by Gasteiger charge is -2.49. The summed E-state index contributed by atoms with van der Waals surface area (Å²) in [5, 5.41) is 34.3. The molecule has 2 fully saturated rings. The first-order valence-corrected chi connectivity index (χ1v) is 10.0. The quantitative estimate of drug-likeness (QED) is 0.502. The summed E-state index contributed by atoms with van der Waals surface area (Å²) in [6.07, 6.45) is -2.61. The van der Waals surface area contributed by atoms with Crippen molar-refractivity contribution in [3.05, 3.63) is 57.9 Å². The van der Waals surface area contributed by atoms with Gasteiger partial charge in [0.15, 0.2) is 17.4 Å². The number of benzene rings is 1. The van der Waals surface area contributed by atoms with Crippen LogP contribution in [0.15, 0.2) is 34.9 Å². The fourth-order valence-electron chi connectivity index (χ4n) is 4.82. The molecule has 0 bridgehead atoms. The van der Waals surface area contributed by atoms with Crippen LogP contribution in [0, 0.1) is 17.5 Å². The van der Waals surface area contributed by atoms with Gasteiger partial charge in [-0.3, -0.25) is 9.59 Å². The number of amides is 2. The van der Waals surface area contributed by atoms with E-state index in [4.69, 9.17) is 0 Å². The standard InChI is InChI=1S/C21H22F3N3O5/c1-3-21-6-12(28)15-13(17(29)18(30)16(27(15)21)20(32)26(2)8-21)19(31)25-7-9-10(22)4-5-11(23)14(9)24/h4-5,12,17,28-30H,3,6-8H2,1-2H3,(H,25,31). The molecule has 3 aliphatic rings. The third-order valence-electron chi connectivity index (χ3n) is 6.43. The summed E-state index contributed by atoms with van der Waals surface area (Å²) in [5.74, 6) is -6.21. The Kier molecular flexibility index (Phi) is 5.21. The predicted molar refractivity (Wildman–Crippen MR) is 104 cm³/mol. The Morgan fingerprint density at radius 1 is 1.25 bits per heavy atom. The van der Waals surface area contributed by atoms with Crippen LogP contribution in [0.4, 0.5) is 13.2 Å². The Morgan fingerprint density at radius 2 is 1.91 bits per heavy atom. The number of hydrogen-bond donors (Lipinski definition) is 4. The number of nitrogens with zero attached hydrogens (tertiary/aromatic N) is 2. The second-order valence-electron chi connectivity index (χ2n) is 8.23. The molecule has 32 heavy (non-hydrogen) atoms. The van der Waals surface area contributed by atoms with Crippen molar-refractivity contribution in [1.82, 2.24) is 15.1 Å². The number of halogens is 3. The Hall–Kier alpha value is -3.05. The first kappa shape index (κ1) is 22.2. The summed E-state index contributed by atoms with van der Waals surface area (Å²) in [5.41, 5.74) is -2.25. The van der Waals surface area contributed by atoms with Crippen LogP contribution in [0.2, 0.25) is 0 Å². The maximum Gasteiger partial charge on any atom is 0.273 e. The lowest BCUT2D eigenvalue weighted by molar-refractivity contribution is -0.134. The summed E-state index contributed by atoms with van der Waals surface area (Å²) >= 11 is 0. The highest BCUT2D eigenvalue weighted by molar-refractivity contribution is 6.00. The molecule has 11 heteroatoms. The number of piperazine rings is 1. The summed E-state index contributed by atoms with van der Waals surface area (Å²) < 4.78 is 41.3. The molecule has 4 N–H and O–H groups in total. The van der Waals surface area contributed by atoms with Crippen LogP contribution in [0.3, 0.4) is 0 Å². The van der Waals surface area contributed by atoms with Gasteiger partial charge in [-0.2, -0.15) is 0 Å². The van der Waals surface area contributed by atoms with Crippen molar-refractivity contribution in [2.45, 2.75) is 44.1 Å². The van der Waals surface area contributed by atoms with E-state index in [0.29, 0.717) is 18.6 Å². The number of hydrogen-bond acceptors (Lipinski definition) is 6. The minimum absolute atomic E-state index is 0.0497. The van der Waals surface area contributed by atoms with Gasteiger partial charge in [0.25, 0.3) is 11.8 Å². The summed E-state index contributed by atoms with van der Waals surface area (Å²) in [6, 6.07) is 1.32. The number of aliphatic hydroxyl groups excluding tert-OH is 3. The molecule has 3 atom stereocenters. The Bertz CT molecular complexity index is 1090. The fraction of sp³-hybridized carbons (Fsp3) is 0.429. The van der Waals surface area contributed by atoms with Gasteiger partial charge in [-0.15, -0.1) is 0 Å². The van der Waals surface area contributed by atoms with E-state index in [-0.39, 0.29) is 24.4 Å². The average Bonchev–Trinajstić information content (AvgIpc) is 3.03. The van der Waals surface area contributed by atoms with E-state index in [0.717, 1.165) is 0 Å². The minimum Gasteiger partial charge on any atom is -0.507 e. The normalized spacial score (nSPS) is 27.3. The summed E-state index contributed by atoms with van der Waals surface area (Å²) in [7, 11) is 1.53. The van der Waals surface area contributed by atoms with Crippen molar-refractivity contribution in [3.63, 3.8) is 0 Å². The van der Waals surface area contributed by atoms with E-state index < -0.39 is 70.5 Å². The smallest absolute Gasteiger partial charge is 0.273 e. The monoisotopic (exact) mass is 453 g/mol. The van der Waals surface area contributed by atoms with E-state index >= 15 is 0 Å². The fourth-order valence-corrected chi connectivity index (χ4v) is 4.82. The molecule has 2 amide bonds. The first-order valence-electron chi connectivity index (χ1n) is 10.0. The lowest BCUT2D eigenvalue weighted by atomic mass is 9.88. The molecule has 1 aromatic carbocycles. The summed E-state index contributed by atoms with van der Waals surface area (Å²) in [4.78, 5) is 28.4. The van der Waals surface area contributed by atoms with E-state index in [2.05, 4.69) is 5.32 Å². The van der Waals surface area contributed by atoms with Gasteiger partial charge in [0, 0.05) is 32.1 Å². The number of aliphatic hydroxyl groups is 3. The molecule has 4 rings (SSSR count). The van der Waals surface area contributed by atoms with Crippen molar-refractivity contribution >= 4 is 11.8 Å². The van der Waals surface area contributed by atoms with Crippen molar-refractivity contribution < 1.29 is 38.1 Å². The van der Waals surface area contributed by atoms with Gasteiger partial charge in [-0.1, -0.05) is 6.92 Å². The Balaban J connectivity index is 1.74. The second-order valence-corrected chi connectivity index (χ2v) is 8.23. The zero-order valence-corrected chi connectivity index (χ0v) is 17.3. The first-order chi connectivity index (χ1) is 15.0. The third-order valence-corrected chi connectivity index (χ3v) is 6.43. The van der Waals surface area contributed by atoms with Gasteiger partial charge in [-0.05, 0) is 18.6 Å². The van der Waals surface area contributed by atoms with Crippen LogP contribution in [0.5, 0.6) is 0 Å². The van der Waals surface area contributed by atoms with Crippen LogP contribution < -0.4 is 5.32 Å². The van der Waals surface area contributed by atoms with Gasteiger partial charge in [-0.25, -0.2) is 13.2 Å². The van der Waals surface area contributed by atoms with E-state index in [1.165, 1.54) is 16.8 Å². The van der Waals surface area contributed by atoms with Gasteiger partial charge in [0.05, 0.1) is 22.9 Å². The van der Waals surface area contributed by atoms with Gasteiger partial charge in [0.1, 0.15) is 17.6 Å². The Labute approximate surface area is 181 Å². The maximum absolute atomic E-state index is 13.9. The number of carbonyl (C=O) groups excluding carboxylic acids is 2. The van der Waals surface area contributed by atoms with Crippen molar-refractivity contribution in [2.24, 2.45) is 0 Å². The number of nitrogens with one attached hydrogen (secondary N) is 1. The highest BCUT2D eigenvalue weighted by Crippen LogP contribution is 2.50. The van der Waals surface area contributed by atoms with Crippen LogP contribution in [0.25, 0.3) is 0 Å². The molecule has 8 nitrogen and oxygen atoms in total. The van der Waals surface area contributed by atoms with E-state index in [9.17, 15) is 38.1 Å². The topological polar surface area (TPSA) is 113 Å². The molecular formula is C21H22F3N3O5. The molecule has 0 spiro atoms. The second kappa shape index (κ2) is 7.52. The highest BCUT2D eigenvalue weighted by Gasteiger charge is 2.58. The summed E-state index contributed by atoms with van der Waals surface area (Å²) in [6.45, 7) is 1.30. The molecule has 0 radical (unpaired) electrons. The molecule has 3 unspecified atom stereocenters. The van der Waals surface area contributed by atoms with Crippen LogP contribution >= 0.6 is 0 Å². The van der Waals surface area contributed by atoms with Gasteiger partial charge < -0.3 is 30.4 Å². The Morgan fingerprint density at radius 3 is 2.56 bits per heavy atom. The molecule has 3 heterocycles. The molecule has 0 aliphatic carbocycles. The van der Waals surface area contributed by atoms with Crippen molar-refractivity contribution in [1.29, 1.82) is 0 Å². The van der Waals surface area contributed by atoms with Crippen molar-refractivity contribution in [3.8, 4) is 0 Å². The van der Waals surface area contributed by atoms with Crippen LogP contribution in [-0.2, 0) is 16.1 Å². The molecule has 172 valence electrons. The van der Waals surface area contributed by atoms with Crippen molar-refractivity contribution in [2.75, 3.05) is 13.6 Å². The average molecular weight is 453 g/mol.